The van der Waals surface area contributed by atoms with Crippen LogP contribution in [0.1, 0.15) is 15.9 Å². The molecule has 6 heteroatoms. The molecule has 3 rings (SSSR count). The first kappa shape index (κ1) is 16.9. The minimum atomic E-state index is -0.194. The zero-order valence-electron chi connectivity index (χ0n) is 13.9. The summed E-state index contributed by atoms with van der Waals surface area (Å²) < 4.78 is 5.10. The van der Waals surface area contributed by atoms with E-state index in [-0.39, 0.29) is 18.0 Å². The fourth-order valence-electron chi connectivity index (χ4n) is 2.64. The fraction of sp³-hybridized carbons (Fsp3) is 0.211. The number of fused-ring (bicyclic) bond motifs is 1. The van der Waals surface area contributed by atoms with Crippen molar-refractivity contribution in [3.8, 4) is 0 Å². The van der Waals surface area contributed by atoms with Crippen molar-refractivity contribution >= 4 is 16.8 Å². The largest absolute Gasteiger partial charge is 0.383 e. The zero-order valence-corrected chi connectivity index (χ0v) is 13.9. The van der Waals surface area contributed by atoms with Crippen LogP contribution in [0.2, 0.25) is 0 Å². The van der Waals surface area contributed by atoms with Gasteiger partial charge in [0.2, 0.25) is 0 Å². The quantitative estimate of drug-likeness (QED) is 0.748. The number of H-pyrrole nitrogens is 1. The number of hydrogen-bond donors (Lipinski definition) is 1. The third-order valence-electron chi connectivity index (χ3n) is 3.95. The molecular weight excluding hydrogens is 318 g/mol. The van der Waals surface area contributed by atoms with Crippen molar-refractivity contribution in [3.63, 3.8) is 0 Å². The van der Waals surface area contributed by atoms with Crippen LogP contribution >= 0.6 is 0 Å². The van der Waals surface area contributed by atoms with Crippen molar-refractivity contribution in [1.82, 2.24) is 14.9 Å². The molecule has 0 radical (unpaired) electrons. The van der Waals surface area contributed by atoms with E-state index >= 15 is 0 Å². The van der Waals surface area contributed by atoms with Crippen molar-refractivity contribution in [2.24, 2.45) is 0 Å². The van der Waals surface area contributed by atoms with Gasteiger partial charge >= 0.3 is 0 Å². The van der Waals surface area contributed by atoms with Gasteiger partial charge in [0.15, 0.2) is 0 Å². The summed E-state index contributed by atoms with van der Waals surface area (Å²) in [4.78, 5) is 33.6. The van der Waals surface area contributed by atoms with E-state index in [9.17, 15) is 9.59 Å². The van der Waals surface area contributed by atoms with Crippen LogP contribution in [0.4, 0.5) is 0 Å². The lowest BCUT2D eigenvalue weighted by atomic mass is 10.1. The highest BCUT2D eigenvalue weighted by atomic mass is 16.5. The molecule has 25 heavy (non-hydrogen) atoms. The number of pyridine rings is 2. The van der Waals surface area contributed by atoms with Crippen molar-refractivity contribution in [2.75, 3.05) is 20.3 Å². The Labute approximate surface area is 145 Å². The first-order chi connectivity index (χ1) is 12.2. The number of hydrogen-bond acceptors (Lipinski definition) is 4. The average Bonchev–Trinajstić information content (AvgIpc) is 2.65. The Kier molecular flexibility index (Phi) is 5.20. The number of aromatic amines is 1. The Bertz CT molecular complexity index is 922. The third-order valence-corrected chi connectivity index (χ3v) is 3.95. The number of carbonyl (C=O) groups excluding carboxylic acids is 1. The standard InChI is InChI=1S/C19H19N3O3/c1-25-10-9-22(19(24)15-6-4-8-20-12-15)13-16-11-14-5-2-3-7-17(14)21-18(16)23/h2-8,11-12H,9-10,13H2,1H3,(H,21,23). The molecule has 0 atom stereocenters. The van der Waals surface area contributed by atoms with Gasteiger partial charge in [-0.15, -0.1) is 0 Å². The van der Waals surface area contributed by atoms with E-state index in [0.29, 0.717) is 24.3 Å². The summed E-state index contributed by atoms with van der Waals surface area (Å²) >= 11 is 0. The normalized spacial score (nSPS) is 10.8. The molecular formula is C19H19N3O3. The number of nitrogens with one attached hydrogen (secondary N) is 1. The number of rotatable bonds is 6. The Morgan fingerprint density at radius 3 is 2.84 bits per heavy atom. The monoisotopic (exact) mass is 337 g/mol. The van der Waals surface area contributed by atoms with Crippen LogP contribution in [-0.4, -0.2) is 41.0 Å². The number of nitrogens with zero attached hydrogens (tertiary/aromatic N) is 2. The van der Waals surface area contributed by atoms with Gasteiger partial charge in [0, 0.05) is 37.1 Å². The Balaban J connectivity index is 1.91. The van der Waals surface area contributed by atoms with Gasteiger partial charge in [0.25, 0.3) is 11.5 Å². The number of carbonyl (C=O) groups is 1. The predicted octanol–water partition coefficient (Wildman–Crippen LogP) is 2.21. The Morgan fingerprint density at radius 2 is 2.08 bits per heavy atom. The summed E-state index contributed by atoms with van der Waals surface area (Å²) in [5.41, 5.74) is 1.60. The average molecular weight is 337 g/mol. The van der Waals surface area contributed by atoms with Gasteiger partial charge in [-0.1, -0.05) is 18.2 Å². The van der Waals surface area contributed by atoms with Crippen LogP contribution in [-0.2, 0) is 11.3 Å². The summed E-state index contributed by atoms with van der Waals surface area (Å²) in [5.74, 6) is -0.183. The van der Waals surface area contributed by atoms with E-state index in [2.05, 4.69) is 9.97 Å². The van der Waals surface area contributed by atoms with Crippen molar-refractivity contribution < 1.29 is 9.53 Å². The lowest BCUT2D eigenvalue weighted by Gasteiger charge is -2.22. The molecule has 3 aromatic rings. The number of ether oxygens (including phenoxy) is 1. The van der Waals surface area contributed by atoms with E-state index < -0.39 is 0 Å². The molecule has 0 spiro atoms. The molecule has 1 amide bonds. The minimum Gasteiger partial charge on any atom is -0.383 e. The first-order valence-electron chi connectivity index (χ1n) is 7.98. The van der Waals surface area contributed by atoms with Crippen molar-refractivity contribution in [2.45, 2.75) is 6.54 Å². The van der Waals surface area contributed by atoms with Crippen LogP contribution in [0.5, 0.6) is 0 Å². The Morgan fingerprint density at radius 1 is 1.24 bits per heavy atom. The van der Waals surface area contributed by atoms with Gasteiger partial charge in [-0.2, -0.15) is 0 Å². The molecule has 0 aliphatic heterocycles. The molecule has 128 valence electrons. The second-order valence-electron chi connectivity index (χ2n) is 5.67. The van der Waals surface area contributed by atoms with Crippen LogP contribution in [0, 0.1) is 0 Å². The number of benzene rings is 1. The van der Waals surface area contributed by atoms with Gasteiger partial charge in [-0.3, -0.25) is 14.6 Å². The van der Waals surface area contributed by atoms with Gasteiger partial charge in [0.1, 0.15) is 0 Å². The molecule has 6 nitrogen and oxygen atoms in total. The van der Waals surface area contributed by atoms with Gasteiger partial charge < -0.3 is 14.6 Å². The molecule has 0 saturated carbocycles. The van der Waals surface area contributed by atoms with E-state index in [1.165, 1.54) is 6.20 Å². The SMILES string of the molecule is COCCN(Cc1cc2ccccc2[nH]c1=O)C(=O)c1cccnc1. The topological polar surface area (TPSA) is 75.3 Å². The number of para-hydroxylation sites is 1. The summed E-state index contributed by atoms with van der Waals surface area (Å²) in [6, 6.07) is 12.8. The van der Waals surface area contributed by atoms with Crippen LogP contribution < -0.4 is 5.56 Å². The maximum absolute atomic E-state index is 12.7. The molecule has 0 unspecified atom stereocenters. The van der Waals surface area contributed by atoms with E-state index in [4.69, 9.17) is 4.74 Å². The molecule has 0 aliphatic carbocycles. The number of methoxy groups -OCH3 is 1. The zero-order chi connectivity index (χ0) is 17.6. The summed E-state index contributed by atoms with van der Waals surface area (Å²) in [5, 5.41) is 0.928. The van der Waals surface area contributed by atoms with Gasteiger partial charge in [-0.25, -0.2) is 0 Å². The highest BCUT2D eigenvalue weighted by Crippen LogP contribution is 2.13. The summed E-state index contributed by atoms with van der Waals surface area (Å²) in [7, 11) is 1.58. The second kappa shape index (κ2) is 7.72. The molecule has 0 aliphatic rings. The molecule has 0 saturated heterocycles. The molecule has 0 bridgehead atoms. The van der Waals surface area contributed by atoms with Gasteiger partial charge in [-0.05, 0) is 29.7 Å². The highest BCUT2D eigenvalue weighted by Gasteiger charge is 2.17. The molecule has 1 aromatic carbocycles. The van der Waals surface area contributed by atoms with Crippen LogP contribution in [0.3, 0.4) is 0 Å². The maximum atomic E-state index is 12.7. The molecule has 2 heterocycles. The highest BCUT2D eigenvalue weighted by molar-refractivity contribution is 5.93. The fourth-order valence-corrected chi connectivity index (χ4v) is 2.64. The first-order valence-corrected chi connectivity index (χ1v) is 7.98. The smallest absolute Gasteiger partial charge is 0.255 e. The Hall–Kier alpha value is -2.99. The molecule has 1 N–H and O–H groups in total. The van der Waals surface area contributed by atoms with Crippen molar-refractivity contribution in [3.05, 3.63) is 76.3 Å². The van der Waals surface area contributed by atoms with E-state index in [1.807, 2.05) is 30.3 Å². The predicted molar refractivity (Wildman–Crippen MR) is 95.4 cm³/mol. The summed E-state index contributed by atoms with van der Waals surface area (Å²) in [6.07, 6.45) is 3.14. The number of aromatic nitrogens is 2. The van der Waals surface area contributed by atoms with Crippen molar-refractivity contribution in [1.29, 1.82) is 0 Å². The summed E-state index contributed by atoms with van der Waals surface area (Å²) in [6.45, 7) is 0.977. The maximum Gasteiger partial charge on any atom is 0.255 e. The van der Waals surface area contributed by atoms with Gasteiger partial charge in [0.05, 0.1) is 18.7 Å². The minimum absolute atomic E-state index is 0.183. The van der Waals surface area contributed by atoms with Crippen LogP contribution in [0.15, 0.2) is 59.7 Å². The number of amides is 1. The third kappa shape index (κ3) is 3.92. The molecule has 0 fully saturated rings. The lowest BCUT2D eigenvalue weighted by Crippen LogP contribution is -2.35. The second-order valence-corrected chi connectivity index (χ2v) is 5.67. The van der Waals surface area contributed by atoms with Crippen LogP contribution in [0.25, 0.3) is 10.9 Å². The lowest BCUT2D eigenvalue weighted by molar-refractivity contribution is 0.0679. The van der Waals surface area contributed by atoms with E-state index in [1.54, 1.807) is 30.3 Å². The van der Waals surface area contributed by atoms with E-state index in [0.717, 1.165) is 10.9 Å². The molecule has 2 aromatic heterocycles.